The predicted octanol–water partition coefficient (Wildman–Crippen LogP) is 2.35. The second-order valence-electron chi connectivity index (χ2n) is 6.77. The van der Waals surface area contributed by atoms with Crippen LogP contribution in [0.25, 0.3) is 0 Å². The summed E-state index contributed by atoms with van der Waals surface area (Å²) in [6.07, 6.45) is 5.42. The van der Waals surface area contributed by atoms with Gasteiger partial charge in [0, 0.05) is 25.2 Å². The molecule has 2 N–H and O–H groups in total. The molecule has 1 aromatic carbocycles. The van der Waals surface area contributed by atoms with Gasteiger partial charge in [0.1, 0.15) is 5.75 Å². The molecule has 1 heterocycles. The van der Waals surface area contributed by atoms with Gasteiger partial charge in [-0.25, -0.2) is 0 Å². The van der Waals surface area contributed by atoms with Gasteiger partial charge in [-0.1, -0.05) is 12.5 Å². The zero-order chi connectivity index (χ0) is 13.7. The summed E-state index contributed by atoms with van der Waals surface area (Å²) >= 11 is 0. The van der Waals surface area contributed by atoms with E-state index in [1.165, 1.54) is 43.5 Å². The molecule has 3 heteroatoms. The minimum atomic E-state index is 0.152. The Morgan fingerprint density at radius 2 is 1.95 bits per heavy atom. The lowest BCUT2D eigenvalue weighted by Crippen LogP contribution is -2.40. The molecule has 0 amide bonds. The fourth-order valence-corrected chi connectivity index (χ4v) is 4.65. The summed E-state index contributed by atoms with van der Waals surface area (Å²) in [5, 5.41) is 0. The van der Waals surface area contributed by atoms with E-state index in [0.29, 0.717) is 6.04 Å². The van der Waals surface area contributed by atoms with Crippen molar-refractivity contribution in [3.63, 3.8) is 0 Å². The van der Waals surface area contributed by atoms with E-state index in [-0.39, 0.29) is 6.04 Å². The summed E-state index contributed by atoms with van der Waals surface area (Å²) in [7, 11) is 1.72. The first kappa shape index (κ1) is 12.7. The van der Waals surface area contributed by atoms with Crippen LogP contribution in [0.2, 0.25) is 0 Å². The maximum Gasteiger partial charge on any atom is 0.119 e. The van der Waals surface area contributed by atoms with Crippen molar-refractivity contribution in [3.05, 3.63) is 29.3 Å². The number of fused-ring (bicyclic) bond motifs is 2. The molecule has 0 bridgehead atoms. The van der Waals surface area contributed by atoms with Crippen LogP contribution in [-0.4, -0.2) is 31.1 Å². The summed E-state index contributed by atoms with van der Waals surface area (Å²) in [4.78, 5) is 2.67. The van der Waals surface area contributed by atoms with E-state index < -0.39 is 0 Å². The summed E-state index contributed by atoms with van der Waals surface area (Å²) in [6, 6.07) is 7.05. The van der Waals surface area contributed by atoms with Crippen LogP contribution in [0, 0.1) is 11.8 Å². The van der Waals surface area contributed by atoms with Crippen LogP contribution in [0.3, 0.4) is 0 Å². The largest absolute Gasteiger partial charge is 0.497 e. The highest BCUT2D eigenvalue weighted by Gasteiger charge is 2.42. The zero-order valence-electron chi connectivity index (χ0n) is 12.2. The van der Waals surface area contributed by atoms with Crippen molar-refractivity contribution in [2.24, 2.45) is 17.6 Å². The molecule has 0 radical (unpaired) electrons. The molecule has 1 aliphatic heterocycles. The highest BCUT2D eigenvalue weighted by atomic mass is 16.5. The lowest BCUT2D eigenvalue weighted by Gasteiger charge is -2.28. The molecular formula is C17H24N2O. The molecule has 20 heavy (non-hydrogen) atoms. The minimum Gasteiger partial charge on any atom is -0.497 e. The van der Waals surface area contributed by atoms with E-state index in [1.807, 2.05) is 0 Å². The summed E-state index contributed by atoms with van der Waals surface area (Å²) in [5.41, 5.74) is 9.26. The van der Waals surface area contributed by atoms with Gasteiger partial charge < -0.3 is 10.5 Å². The predicted molar refractivity (Wildman–Crippen MR) is 79.8 cm³/mol. The van der Waals surface area contributed by atoms with Gasteiger partial charge in [-0.3, -0.25) is 4.90 Å². The standard InChI is InChI=1S/C17H24N2O/c1-20-14-6-5-11-7-16(17(18)15(11)8-14)19-9-12-3-2-4-13(12)10-19/h5-6,8,12-13,16-17H,2-4,7,9-10,18H2,1H3. The van der Waals surface area contributed by atoms with E-state index in [9.17, 15) is 0 Å². The van der Waals surface area contributed by atoms with Crippen LogP contribution in [0.5, 0.6) is 5.75 Å². The average Bonchev–Trinajstić information content (AvgIpc) is 3.11. The van der Waals surface area contributed by atoms with Gasteiger partial charge >= 0.3 is 0 Å². The second kappa shape index (κ2) is 4.74. The van der Waals surface area contributed by atoms with Gasteiger partial charge in [-0.05, 0) is 54.4 Å². The highest BCUT2D eigenvalue weighted by molar-refractivity contribution is 5.42. The molecule has 4 rings (SSSR count). The number of hydrogen-bond acceptors (Lipinski definition) is 3. The van der Waals surface area contributed by atoms with Gasteiger partial charge in [-0.15, -0.1) is 0 Å². The summed E-state index contributed by atoms with van der Waals surface area (Å²) in [5.74, 6) is 2.82. The molecule has 0 spiro atoms. The third kappa shape index (κ3) is 1.87. The van der Waals surface area contributed by atoms with Gasteiger partial charge in [-0.2, -0.15) is 0 Å². The first-order valence-electron chi connectivity index (χ1n) is 7.92. The van der Waals surface area contributed by atoms with Crippen molar-refractivity contribution in [2.45, 2.75) is 37.8 Å². The molecular weight excluding hydrogens is 248 g/mol. The lowest BCUT2D eigenvalue weighted by molar-refractivity contribution is 0.206. The number of benzene rings is 1. The normalized spacial score (nSPS) is 36.1. The number of ether oxygens (including phenoxy) is 1. The number of rotatable bonds is 2. The number of nitrogens with two attached hydrogens (primary N) is 1. The van der Waals surface area contributed by atoms with Gasteiger partial charge in [0.05, 0.1) is 7.11 Å². The van der Waals surface area contributed by atoms with Crippen LogP contribution in [0.1, 0.15) is 36.4 Å². The lowest BCUT2D eigenvalue weighted by atomic mass is 10.0. The maximum absolute atomic E-state index is 6.55. The molecule has 3 nitrogen and oxygen atoms in total. The van der Waals surface area contributed by atoms with Crippen LogP contribution in [0.4, 0.5) is 0 Å². The first-order valence-corrected chi connectivity index (χ1v) is 7.92. The Hall–Kier alpha value is -1.06. The Bertz CT molecular complexity index is 504. The van der Waals surface area contributed by atoms with Gasteiger partial charge in [0.15, 0.2) is 0 Å². The fourth-order valence-electron chi connectivity index (χ4n) is 4.65. The summed E-state index contributed by atoms with van der Waals surface area (Å²) in [6.45, 7) is 2.54. The highest BCUT2D eigenvalue weighted by Crippen LogP contribution is 2.42. The van der Waals surface area contributed by atoms with Crippen LogP contribution >= 0.6 is 0 Å². The monoisotopic (exact) mass is 272 g/mol. The van der Waals surface area contributed by atoms with E-state index >= 15 is 0 Å². The van der Waals surface area contributed by atoms with E-state index in [2.05, 4.69) is 23.1 Å². The Labute approximate surface area is 121 Å². The van der Waals surface area contributed by atoms with Crippen LogP contribution < -0.4 is 10.5 Å². The number of methoxy groups -OCH3 is 1. The van der Waals surface area contributed by atoms with Crippen molar-refractivity contribution in [3.8, 4) is 5.75 Å². The van der Waals surface area contributed by atoms with E-state index in [4.69, 9.17) is 10.5 Å². The molecule has 1 saturated heterocycles. The first-order chi connectivity index (χ1) is 9.76. The van der Waals surface area contributed by atoms with Gasteiger partial charge in [0.2, 0.25) is 0 Å². The average molecular weight is 272 g/mol. The number of likely N-dealkylation sites (tertiary alicyclic amines) is 1. The quantitative estimate of drug-likeness (QED) is 0.898. The zero-order valence-corrected chi connectivity index (χ0v) is 12.2. The molecule has 2 fully saturated rings. The maximum atomic E-state index is 6.55. The number of nitrogens with zero attached hydrogens (tertiary/aromatic N) is 1. The molecule has 108 valence electrons. The smallest absolute Gasteiger partial charge is 0.119 e. The Morgan fingerprint density at radius 1 is 1.20 bits per heavy atom. The van der Waals surface area contributed by atoms with Gasteiger partial charge in [0.25, 0.3) is 0 Å². The van der Waals surface area contributed by atoms with Crippen molar-refractivity contribution >= 4 is 0 Å². The van der Waals surface area contributed by atoms with Crippen molar-refractivity contribution < 1.29 is 4.74 Å². The molecule has 4 unspecified atom stereocenters. The Kier molecular flexibility index (Phi) is 3.00. The summed E-state index contributed by atoms with van der Waals surface area (Å²) < 4.78 is 5.34. The third-order valence-electron chi connectivity index (χ3n) is 5.78. The minimum absolute atomic E-state index is 0.152. The molecule has 2 aliphatic carbocycles. The van der Waals surface area contributed by atoms with Crippen molar-refractivity contribution in [1.82, 2.24) is 4.90 Å². The Morgan fingerprint density at radius 3 is 2.65 bits per heavy atom. The van der Waals surface area contributed by atoms with Crippen LogP contribution in [0.15, 0.2) is 18.2 Å². The molecule has 1 saturated carbocycles. The second-order valence-corrected chi connectivity index (χ2v) is 6.77. The molecule has 0 aromatic heterocycles. The van der Waals surface area contributed by atoms with Crippen molar-refractivity contribution in [2.75, 3.05) is 20.2 Å². The molecule has 3 aliphatic rings. The van der Waals surface area contributed by atoms with E-state index in [0.717, 1.165) is 24.0 Å². The van der Waals surface area contributed by atoms with E-state index in [1.54, 1.807) is 7.11 Å². The fraction of sp³-hybridized carbons (Fsp3) is 0.647. The number of hydrogen-bond donors (Lipinski definition) is 1. The topological polar surface area (TPSA) is 38.5 Å². The third-order valence-corrected chi connectivity index (χ3v) is 5.78. The van der Waals surface area contributed by atoms with Crippen molar-refractivity contribution in [1.29, 1.82) is 0 Å². The molecule has 1 aromatic rings. The SMILES string of the molecule is COc1ccc2c(c1)C(N)C(N1CC3CCCC3C1)C2. The Balaban J connectivity index is 1.54. The molecule has 4 atom stereocenters. The van der Waals surface area contributed by atoms with Crippen LogP contribution in [-0.2, 0) is 6.42 Å².